The molecule has 0 amide bonds. The van der Waals surface area contributed by atoms with Crippen LogP contribution in [0.5, 0.6) is 11.5 Å². The SMILES string of the molecule is COC(=O)/C=C/c1cccc(C2(C)CCC/C=C\c3csc(n3)Cc3c(c(F)cc4[nH]ccc34)Oc3ccc(F)c(c3)-c3ncc2[nH]3)c1. The number of rotatable bonds is 3. The fourth-order valence-corrected chi connectivity index (χ4v) is 6.95. The first-order valence-corrected chi connectivity index (χ1v) is 16.5. The van der Waals surface area contributed by atoms with Gasteiger partial charge in [-0.3, -0.25) is 0 Å². The topological polar surface area (TPSA) is 92.9 Å². The van der Waals surface area contributed by atoms with E-state index in [0.717, 1.165) is 52.2 Å². The number of ether oxygens (including phenoxy) is 2. The average molecular weight is 663 g/mol. The smallest absolute Gasteiger partial charge is 0.330 e. The number of hydrogen-bond acceptors (Lipinski definition) is 6. The molecule has 1 aliphatic heterocycles. The summed E-state index contributed by atoms with van der Waals surface area (Å²) >= 11 is 1.51. The summed E-state index contributed by atoms with van der Waals surface area (Å²) in [4.78, 5) is 27.7. The molecule has 1 aliphatic rings. The van der Waals surface area contributed by atoms with Gasteiger partial charge < -0.3 is 19.4 Å². The number of imidazole rings is 1. The van der Waals surface area contributed by atoms with Crippen molar-refractivity contribution in [1.29, 1.82) is 0 Å². The summed E-state index contributed by atoms with van der Waals surface area (Å²) in [5, 5.41) is 3.64. The molecule has 3 aromatic heterocycles. The largest absolute Gasteiger partial charge is 0.466 e. The number of thiazole rings is 1. The second-order valence-electron chi connectivity index (χ2n) is 11.9. The number of methoxy groups -OCH3 is 1. The standard InChI is InChI=1S/C38H32F2N4O3S/c1-38(24-8-6-7-23(17-24)10-13-35(45)46-2)15-5-3-4-9-25-22-48-34(43-25)19-28-27-14-16-41-32(27)20-31(40)36(28)47-26-11-12-30(39)29(18-26)37-42-21-33(38)44-37/h4,6-14,16-18,20-22,41H,3,5,15,19H2,1-2H3,(H,42,44)/b9-4-,13-10+. The van der Waals surface area contributed by atoms with Gasteiger partial charge in [-0.1, -0.05) is 30.3 Å². The van der Waals surface area contributed by atoms with Gasteiger partial charge in [0.15, 0.2) is 11.6 Å². The summed E-state index contributed by atoms with van der Waals surface area (Å²) in [5.74, 6) is -0.795. The van der Waals surface area contributed by atoms with Crippen LogP contribution in [0.3, 0.4) is 0 Å². The minimum absolute atomic E-state index is 0.0682. The van der Waals surface area contributed by atoms with E-state index in [0.29, 0.717) is 23.3 Å². The van der Waals surface area contributed by atoms with Crippen molar-refractivity contribution in [2.75, 3.05) is 7.11 Å². The third-order valence-corrected chi connectivity index (χ3v) is 9.69. The van der Waals surface area contributed by atoms with E-state index < -0.39 is 23.0 Å². The summed E-state index contributed by atoms with van der Waals surface area (Å²) in [6.07, 6.45) is 13.5. The molecule has 0 saturated heterocycles. The van der Waals surface area contributed by atoms with E-state index in [1.54, 1.807) is 18.5 Å². The highest BCUT2D eigenvalue weighted by Gasteiger charge is 2.31. The second-order valence-corrected chi connectivity index (χ2v) is 12.9. The summed E-state index contributed by atoms with van der Waals surface area (Å²) in [7, 11) is 1.34. The van der Waals surface area contributed by atoms with Crippen molar-refractivity contribution in [3.8, 4) is 22.9 Å². The van der Waals surface area contributed by atoms with Crippen LogP contribution in [0.4, 0.5) is 8.78 Å². The van der Waals surface area contributed by atoms with Crippen LogP contribution in [0.25, 0.3) is 34.4 Å². The Morgan fingerprint density at radius 2 is 2.02 bits per heavy atom. The quantitative estimate of drug-likeness (QED) is 0.146. The minimum Gasteiger partial charge on any atom is -0.466 e. The van der Waals surface area contributed by atoms with Crippen molar-refractivity contribution in [2.24, 2.45) is 0 Å². The maximum absolute atomic E-state index is 15.7. The Hall–Kier alpha value is -5.35. The Morgan fingerprint density at radius 1 is 1.12 bits per heavy atom. The molecule has 7 rings (SSSR count). The number of carbonyl (C=O) groups is 1. The van der Waals surface area contributed by atoms with E-state index in [1.165, 1.54) is 48.8 Å². The zero-order chi connectivity index (χ0) is 33.3. The molecule has 7 nitrogen and oxygen atoms in total. The van der Waals surface area contributed by atoms with Crippen molar-refractivity contribution < 1.29 is 23.0 Å². The summed E-state index contributed by atoms with van der Waals surface area (Å²) in [5.41, 5.74) is 4.45. The van der Waals surface area contributed by atoms with Crippen LogP contribution >= 0.6 is 11.3 Å². The van der Waals surface area contributed by atoms with E-state index in [2.05, 4.69) is 28.0 Å². The van der Waals surface area contributed by atoms with E-state index in [9.17, 15) is 4.79 Å². The molecule has 2 N–H and O–H groups in total. The molecule has 3 aromatic carbocycles. The van der Waals surface area contributed by atoms with Gasteiger partial charge in [0.05, 0.1) is 23.4 Å². The lowest BCUT2D eigenvalue weighted by molar-refractivity contribution is -0.134. The van der Waals surface area contributed by atoms with Gasteiger partial charge in [-0.05, 0) is 73.7 Å². The second kappa shape index (κ2) is 13.0. The summed E-state index contributed by atoms with van der Waals surface area (Å²) in [6, 6.07) is 15.6. The molecule has 10 heteroatoms. The Labute approximate surface area is 280 Å². The predicted octanol–water partition coefficient (Wildman–Crippen LogP) is 9.37. The fraction of sp³-hybridized carbons (Fsp3) is 0.184. The number of halogens is 2. The molecular formula is C38H32F2N4O3S. The molecule has 0 saturated carbocycles. The van der Waals surface area contributed by atoms with Crippen LogP contribution in [-0.2, 0) is 21.4 Å². The monoisotopic (exact) mass is 662 g/mol. The first-order valence-electron chi connectivity index (χ1n) is 15.6. The van der Waals surface area contributed by atoms with E-state index in [4.69, 9.17) is 14.5 Å². The zero-order valence-corrected chi connectivity index (χ0v) is 27.2. The summed E-state index contributed by atoms with van der Waals surface area (Å²) in [6.45, 7) is 2.13. The van der Waals surface area contributed by atoms with Gasteiger partial charge in [-0.25, -0.2) is 23.5 Å². The molecule has 242 valence electrons. The van der Waals surface area contributed by atoms with Gasteiger partial charge in [0.25, 0.3) is 0 Å². The van der Waals surface area contributed by atoms with Gasteiger partial charge in [-0.15, -0.1) is 11.3 Å². The van der Waals surface area contributed by atoms with Crippen LogP contribution in [0.2, 0.25) is 0 Å². The normalized spacial score (nSPS) is 17.2. The van der Waals surface area contributed by atoms with E-state index in [-0.39, 0.29) is 17.1 Å². The molecule has 1 unspecified atom stereocenters. The van der Waals surface area contributed by atoms with Gasteiger partial charge in [0.2, 0.25) is 0 Å². The Balaban J connectivity index is 1.33. The lowest BCUT2D eigenvalue weighted by Gasteiger charge is -2.29. The lowest BCUT2D eigenvalue weighted by Crippen LogP contribution is -2.24. The van der Waals surface area contributed by atoms with Crippen LogP contribution in [0, 0.1) is 11.6 Å². The van der Waals surface area contributed by atoms with Crippen molar-refractivity contribution in [2.45, 2.75) is 38.0 Å². The van der Waals surface area contributed by atoms with Gasteiger partial charge in [0.1, 0.15) is 17.4 Å². The first kappa shape index (κ1) is 31.3. The number of hydrogen-bond donors (Lipinski definition) is 2. The Bertz CT molecular complexity index is 2200. The number of nitrogens with one attached hydrogen (secondary N) is 2. The third kappa shape index (κ3) is 6.18. The molecule has 0 radical (unpaired) electrons. The third-order valence-electron chi connectivity index (χ3n) is 8.82. The fourth-order valence-electron chi connectivity index (χ4n) is 6.18. The maximum atomic E-state index is 15.7. The molecule has 6 aromatic rings. The number of nitrogens with zero attached hydrogens (tertiary/aromatic N) is 2. The minimum atomic E-state index is -0.542. The number of aromatic nitrogens is 4. The number of carbonyl (C=O) groups excluding carboxylic acids is 1. The highest BCUT2D eigenvalue weighted by Crippen LogP contribution is 2.40. The predicted molar refractivity (Wildman–Crippen MR) is 184 cm³/mol. The number of fused-ring (bicyclic) bond motifs is 10. The number of aromatic amines is 2. The summed E-state index contributed by atoms with van der Waals surface area (Å²) < 4.78 is 42.1. The highest BCUT2D eigenvalue weighted by atomic mass is 32.1. The van der Waals surface area contributed by atoms with Crippen molar-refractivity contribution in [3.63, 3.8) is 0 Å². The van der Waals surface area contributed by atoms with Crippen molar-refractivity contribution >= 4 is 40.4 Å². The average Bonchev–Trinajstić information content (AvgIpc) is 3.87. The van der Waals surface area contributed by atoms with Crippen LogP contribution in [0.1, 0.15) is 59.3 Å². The lowest BCUT2D eigenvalue weighted by atomic mass is 9.75. The molecule has 0 aliphatic carbocycles. The van der Waals surface area contributed by atoms with Gasteiger partial charge >= 0.3 is 5.97 Å². The molecule has 1 atom stereocenters. The molecular weight excluding hydrogens is 631 g/mol. The molecule has 0 fully saturated rings. The number of allylic oxidation sites excluding steroid dienone is 1. The van der Waals surface area contributed by atoms with Crippen molar-refractivity contribution in [3.05, 3.63) is 129 Å². The van der Waals surface area contributed by atoms with Gasteiger partial charge in [-0.2, -0.15) is 0 Å². The van der Waals surface area contributed by atoms with Crippen LogP contribution in [-0.4, -0.2) is 33.0 Å². The number of H-pyrrole nitrogens is 2. The van der Waals surface area contributed by atoms with E-state index >= 15 is 8.78 Å². The van der Waals surface area contributed by atoms with Crippen molar-refractivity contribution in [1.82, 2.24) is 19.9 Å². The highest BCUT2D eigenvalue weighted by molar-refractivity contribution is 7.09. The maximum Gasteiger partial charge on any atom is 0.330 e. The Morgan fingerprint density at radius 3 is 2.90 bits per heavy atom. The molecule has 48 heavy (non-hydrogen) atoms. The molecule has 4 heterocycles. The molecule has 6 bridgehead atoms. The number of benzene rings is 3. The van der Waals surface area contributed by atoms with Gasteiger partial charge in [0, 0.05) is 63.9 Å². The number of esters is 1. The van der Waals surface area contributed by atoms with Crippen LogP contribution < -0.4 is 4.74 Å². The van der Waals surface area contributed by atoms with E-state index in [1.807, 2.05) is 41.8 Å². The molecule has 0 spiro atoms. The Kier molecular flexibility index (Phi) is 8.49. The van der Waals surface area contributed by atoms with Crippen LogP contribution in [0.15, 0.2) is 84.5 Å². The zero-order valence-electron chi connectivity index (χ0n) is 26.3. The first-order chi connectivity index (χ1) is 23.3.